The summed E-state index contributed by atoms with van der Waals surface area (Å²) in [7, 11) is 0.875. The maximum Gasteiger partial charge on any atom is 0.214 e. The second-order valence-electron chi connectivity index (χ2n) is 3.12. The van der Waals surface area contributed by atoms with E-state index < -0.39 is 10.8 Å². The normalized spacial score (nSPS) is 12.1. The maximum atomic E-state index is 10.8. The van der Waals surface area contributed by atoms with Crippen LogP contribution in [-0.4, -0.2) is 34.9 Å². The summed E-state index contributed by atoms with van der Waals surface area (Å²) in [4.78, 5) is 4.20. The number of pyridine rings is 1. The van der Waals surface area contributed by atoms with Gasteiger partial charge in [-0.3, -0.25) is 4.21 Å². The molecule has 84 valence electrons. The monoisotopic (exact) mass is 228 g/mol. The Morgan fingerprint density at radius 3 is 3.00 bits per heavy atom. The fraction of sp³-hybridized carbons (Fsp3) is 0.500. The molecule has 0 aliphatic heterocycles. The lowest BCUT2D eigenvalue weighted by Crippen LogP contribution is -2.07. The van der Waals surface area contributed by atoms with E-state index in [1.807, 2.05) is 12.1 Å². The summed E-state index contributed by atoms with van der Waals surface area (Å²) in [6.07, 6.45) is 2.59. The van der Waals surface area contributed by atoms with Gasteiger partial charge in [0, 0.05) is 35.4 Å². The molecule has 0 amide bonds. The van der Waals surface area contributed by atoms with Crippen LogP contribution in [0, 0.1) is 0 Å². The van der Waals surface area contributed by atoms with Crippen LogP contribution < -0.4 is 10.1 Å². The van der Waals surface area contributed by atoms with E-state index in [1.165, 1.54) is 0 Å². The van der Waals surface area contributed by atoms with Gasteiger partial charge in [0.25, 0.3) is 0 Å². The van der Waals surface area contributed by atoms with Gasteiger partial charge in [0.2, 0.25) is 5.88 Å². The molecule has 15 heavy (non-hydrogen) atoms. The van der Waals surface area contributed by atoms with E-state index in [4.69, 9.17) is 4.74 Å². The molecule has 0 saturated carbocycles. The summed E-state index contributed by atoms with van der Waals surface area (Å²) in [6.45, 7) is 0.778. The molecule has 1 heterocycles. The van der Waals surface area contributed by atoms with Crippen molar-refractivity contribution in [3.05, 3.63) is 18.2 Å². The Labute approximate surface area is 92.5 Å². The molecule has 1 unspecified atom stereocenters. The van der Waals surface area contributed by atoms with Crippen molar-refractivity contribution in [1.82, 2.24) is 4.98 Å². The van der Waals surface area contributed by atoms with Crippen molar-refractivity contribution in [2.45, 2.75) is 6.42 Å². The van der Waals surface area contributed by atoms with Crippen molar-refractivity contribution in [3.63, 3.8) is 0 Å². The second kappa shape index (κ2) is 6.40. The third-order valence-electron chi connectivity index (χ3n) is 1.85. The van der Waals surface area contributed by atoms with Crippen molar-refractivity contribution in [2.24, 2.45) is 0 Å². The number of methoxy groups -OCH3 is 1. The number of hydrogen-bond donors (Lipinski definition) is 1. The van der Waals surface area contributed by atoms with E-state index in [9.17, 15) is 4.21 Å². The SMILES string of the molecule is COc1cccc(NCCCS(C)=O)n1. The van der Waals surface area contributed by atoms with Crippen molar-refractivity contribution >= 4 is 16.6 Å². The largest absolute Gasteiger partial charge is 0.481 e. The average Bonchev–Trinajstić information content (AvgIpc) is 2.24. The van der Waals surface area contributed by atoms with Gasteiger partial charge < -0.3 is 10.1 Å². The van der Waals surface area contributed by atoms with Crippen LogP contribution in [0.2, 0.25) is 0 Å². The van der Waals surface area contributed by atoms with Crippen LogP contribution in [0.1, 0.15) is 6.42 Å². The highest BCUT2D eigenvalue weighted by Gasteiger charge is 1.96. The first-order chi connectivity index (χ1) is 7.22. The Bertz CT molecular complexity index is 331. The average molecular weight is 228 g/mol. The topological polar surface area (TPSA) is 51.2 Å². The molecule has 1 rings (SSSR count). The zero-order valence-corrected chi connectivity index (χ0v) is 9.84. The number of aromatic nitrogens is 1. The smallest absolute Gasteiger partial charge is 0.214 e. The number of ether oxygens (including phenoxy) is 1. The maximum absolute atomic E-state index is 10.8. The minimum Gasteiger partial charge on any atom is -0.481 e. The molecular formula is C10H16N2O2S. The van der Waals surface area contributed by atoms with Crippen LogP contribution in [0.15, 0.2) is 18.2 Å². The molecule has 0 radical (unpaired) electrons. The highest BCUT2D eigenvalue weighted by molar-refractivity contribution is 7.84. The third-order valence-corrected chi connectivity index (χ3v) is 2.71. The van der Waals surface area contributed by atoms with Crippen molar-refractivity contribution in [2.75, 3.05) is 31.0 Å². The lowest BCUT2D eigenvalue weighted by Gasteiger charge is -2.05. The molecule has 0 spiro atoms. The molecule has 0 saturated heterocycles. The van der Waals surface area contributed by atoms with Crippen molar-refractivity contribution < 1.29 is 8.95 Å². The van der Waals surface area contributed by atoms with Crippen LogP contribution in [0.25, 0.3) is 0 Å². The van der Waals surface area contributed by atoms with Crippen LogP contribution >= 0.6 is 0 Å². The molecular weight excluding hydrogens is 212 g/mol. The predicted octanol–water partition coefficient (Wildman–Crippen LogP) is 1.27. The summed E-state index contributed by atoms with van der Waals surface area (Å²) in [5.74, 6) is 2.10. The van der Waals surface area contributed by atoms with Crippen LogP contribution in [0.4, 0.5) is 5.82 Å². The second-order valence-corrected chi connectivity index (χ2v) is 4.68. The number of rotatable bonds is 6. The Kier molecular flexibility index (Phi) is 5.10. The number of nitrogens with one attached hydrogen (secondary N) is 1. The first kappa shape index (κ1) is 12.0. The van der Waals surface area contributed by atoms with Crippen molar-refractivity contribution in [1.29, 1.82) is 0 Å². The fourth-order valence-corrected chi connectivity index (χ4v) is 1.67. The minimum absolute atomic E-state index is 0.596. The summed E-state index contributed by atoms with van der Waals surface area (Å²) in [5, 5.41) is 3.15. The van der Waals surface area contributed by atoms with Gasteiger partial charge in [-0.25, -0.2) is 0 Å². The highest BCUT2D eigenvalue weighted by atomic mass is 32.2. The van der Waals surface area contributed by atoms with Gasteiger partial charge >= 0.3 is 0 Å². The third kappa shape index (κ3) is 4.78. The van der Waals surface area contributed by atoms with Gasteiger partial charge in [-0.2, -0.15) is 4.98 Å². The Balaban J connectivity index is 2.33. The summed E-state index contributed by atoms with van der Waals surface area (Å²) in [5.41, 5.74) is 0. The van der Waals surface area contributed by atoms with Crippen LogP contribution in [0.3, 0.4) is 0 Å². The van der Waals surface area contributed by atoms with E-state index in [2.05, 4.69) is 10.3 Å². The summed E-state index contributed by atoms with van der Waals surface area (Å²) in [6, 6.07) is 5.56. The van der Waals surface area contributed by atoms with Gasteiger partial charge in [0.05, 0.1) is 7.11 Å². The highest BCUT2D eigenvalue weighted by Crippen LogP contribution is 2.10. The Morgan fingerprint density at radius 2 is 2.33 bits per heavy atom. The quantitative estimate of drug-likeness (QED) is 0.745. The van der Waals surface area contributed by atoms with Crippen LogP contribution in [0.5, 0.6) is 5.88 Å². The van der Waals surface area contributed by atoms with Gasteiger partial charge in [-0.05, 0) is 12.5 Å². The first-order valence-electron chi connectivity index (χ1n) is 4.77. The Hall–Kier alpha value is -1.10. The molecule has 0 aliphatic carbocycles. The molecule has 0 aliphatic rings. The summed E-state index contributed by atoms with van der Waals surface area (Å²) < 4.78 is 15.8. The number of hydrogen-bond acceptors (Lipinski definition) is 4. The minimum atomic E-state index is -0.715. The van der Waals surface area contributed by atoms with Gasteiger partial charge in [-0.15, -0.1) is 0 Å². The van der Waals surface area contributed by atoms with Gasteiger partial charge in [0.1, 0.15) is 5.82 Å². The predicted molar refractivity (Wildman–Crippen MR) is 62.8 cm³/mol. The standard InChI is InChI=1S/C10H16N2O2S/c1-14-10-6-3-5-9(12-10)11-7-4-8-15(2)13/h3,5-6H,4,7-8H2,1-2H3,(H,11,12). The lowest BCUT2D eigenvalue weighted by atomic mass is 10.4. The van der Waals surface area contributed by atoms with E-state index >= 15 is 0 Å². The molecule has 0 aromatic carbocycles. The zero-order valence-electron chi connectivity index (χ0n) is 9.03. The first-order valence-corrected chi connectivity index (χ1v) is 6.50. The fourth-order valence-electron chi connectivity index (χ4n) is 1.12. The van der Waals surface area contributed by atoms with E-state index in [-0.39, 0.29) is 0 Å². The molecule has 0 fully saturated rings. The molecule has 4 nitrogen and oxygen atoms in total. The van der Waals surface area contributed by atoms with Gasteiger partial charge in [-0.1, -0.05) is 6.07 Å². The lowest BCUT2D eigenvalue weighted by molar-refractivity contribution is 0.398. The van der Waals surface area contributed by atoms with E-state index in [0.29, 0.717) is 5.88 Å². The van der Waals surface area contributed by atoms with Crippen molar-refractivity contribution in [3.8, 4) is 5.88 Å². The molecule has 1 N–H and O–H groups in total. The molecule has 1 aromatic heterocycles. The van der Waals surface area contributed by atoms with E-state index in [1.54, 1.807) is 19.4 Å². The molecule has 1 atom stereocenters. The zero-order chi connectivity index (χ0) is 11.1. The van der Waals surface area contributed by atoms with Gasteiger partial charge in [0.15, 0.2) is 0 Å². The Morgan fingerprint density at radius 1 is 1.53 bits per heavy atom. The molecule has 5 heteroatoms. The van der Waals surface area contributed by atoms with Crippen LogP contribution in [-0.2, 0) is 10.8 Å². The summed E-state index contributed by atoms with van der Waals surface area (Å²) >= 11 is 0. The van der Waals surface area contributed by atoms with E-state index in [0.717, 1.165) is 24.5 Å². The molecule has 1 aromatic rings. The molecule has 0 bridgehead atoms. The number of nitrogens with zero attached hydrogens (tertiary/aromatic N) is 1. The number of anilines is 1.